The molecule has 22 nitrogen and oxygen atoms in total. The highest BCUT2D eigenvalue weighted by atomic mass is 79.9. The summed E-state index contributed by atoms with van der Waals surface area (Å²) in [6.45, 7) is 20.9. The number of allylic oxidation sites excluding steroid dienone is 3. The molecule has 0 aromatic heterocycles. The quantitative estimate of drug-likeness (QED) is 0.0109. The lowest BCUT2D eigenvalue weighted by Gasteiger charge is -2.32. The van der Waals surface area contributed by atoms with Crippen molar-refractivity contribution in [3.63, 3.8) is 0 Å². The molecule has 0 saturated carbocycles. The standard InChI is InChI=1S/C30H29FN2O5.C25H21FN2O3.C20H18BrNO3.C18H27BFNO4.C2HF3O/c1-30(2,3)38-29(37)32-17-18-11-21(14-23(31)12-18)25-15-22(13-19-8-6-9-24(19)25)28(36)33-26-10-5-4-7-20(26)16-27(34)35;26-20-9-15(14-27)8-18(11-20)22-12-19(10-16-5-3-6-21(16)22)25(31)28-23-7-2-1-4-17(23)13-24(29)30;1-2-25-19(23)12-14-6-3-4-9-18(14)22-20(24)15-10-13-7-5-8-16(13)17(21)11-15;1-16(2,3)23-15(22)21-11-12-8-13(10-14(20)9-12)19-24-17(4,5)18(6,7)25-19;3-2(4,5)1-6/h4-7,9-15H,8,16-17H2,1-3H3,(H,32,37)(H,33,36)(H,34,35);1-4,6-12H,5,13-14,27H2,(H,28,31)(H,29,30);3-6,8-11H,2,7,12H2,1H3,(H,22,24);8-10H,11H2,1-7H3,(H,21,22);1H. The first-order valence-corrected chi connectivity index (χ1v) is 40.5. The van der Waals surface area contributed by atoms with Gasteiger partial charge in [0.2, 0.25) is 6.29 Å². The van der Waals surface area contributed by atoms with Crippen LogP contribution < -0.4 is 37.8 Å². The highest BCUT2D eigenvalue weighted by molar-refractivity contribution is 9.10. The number of amides is 5. The molecule has 30 heteroatoms. The molecule has 125 heavy (non-hydrogen) atoms. The van der Waals surface area contributed by atoms with Crippen LogP contribution in [0.25, 0.3) is 40.5 Å². The molecular formula is C95H96BBrF6N6O16. The van der Waals surface area contributed by atoms with E-state index in [0.29, 0.717) is 103 Å². The second-order valence-corrected chi connectivity index (χ2v) is 33.1. The van der Waals surface area contributed by atoms with Crippen LogP contribution in [0.2, 0.25) is 0 Å². The van der Waals surface area contributed by atoms with Crippen LogP contribution in [0.1, 0.15) is 174 Å². The van der Waals surface area contributed by atoms with Crippen LogP contribution in [0.3, 0.4) is 0 Å². The summed E-state index contributed by atoms with van der Waals surface area (Å²) in [5.41, 5.74) is 19.1. The van der Waals surface area contributed by atoms with Crippen LogP contribution in [0.5, 0.6) is 0 Å². The van der Waals surface area contributed by atoms with Crippen LogP contribution in [-0.2, 0) is 101 Å². The molecule has 13 rings (SSSR count). The second kappa shape index (κ2) is 42.1. The minimum absolute atomic E-state index is 0.0677. The molecule has 9 aromatic carbocycles. The summed E-state index contributed by atoms with van der Waals surface area (Å²) in [7, 11) is -0.652. The number of nitrogens with two attached hydrogens (primary N) is 1. The topological polar surface area (TPSA) is 326 Å². The number of aliphatic carboxylic acids is 2. The number of benzene rings is 9. The molecule has 4 aliphatic rings. The summed E-state index contributed by atoms with van der Waals surface area (Å²) in [4.78, 5) is 106. The first-order chi connectivity index (χ1) is 58.8. The molecule has 0 bridgehead atoms. The number of para-hydroxylation sites is 3. The molecule has 0 radical (unpaired) electrons. The zero-order valence-corrected chi connectivity index (χ0v) is 72.2. The number of hydrogen-bond donors (Lipinski definition) is 8. The van der Waals surface area contributed by atoms with Crippen molar-refractivity contribution in [2.75, 3.05) is 22.6 Å². The SMILES string of the molecule is CC(C)(C)OC(=O)NCc1cc(F)cc(-c2cc(C(=O)Nc3ccccc3CC(=O)O)cc3c2C=CC3)c1.CC(C)(C)OC(=O)NCc1cc(F)cc(B2OC(C)(C)C(C)(C)O2)c1.CCOC(=O)Cc1ccccc1NC(=O)c1cc(Br)c2c(c1)CC=C2.NCc1cc(F)cc(-c2cc(C(=O)Nc3ccccc3CC(=O)O)cc3c2C=CC3)c1.O=CC(F)(F)F. The Labute approximate surface area is 728 Å². The number of esters is 1. The Kier molecular flexibility index (Phi) is 32.3. The number of alkyl carbamates (subject to hydrolysis) is 2. The molecule has 1 heterocycles. The third kappa shape index (κ3) is 28.1. The van der Waals surface area contributed by atoms with Crippen LogP contribution in [0.4, 0.5) is 53.0 Å². The van der Waals surface area contributed by atoms with Gasteiger partial charge in [-0.3, -0.25) is 33.6 Å². The lowest BCUT2D eigenvalue weighted by atomic mass is 9.78. The van der Waals surface area contributed by atoms with Crippen molar-refractivity contribution in [1.82, 2.24) is 10.6 Å². The van der Waals surface area contributed by atoms with Gasteiger partial charge in [0, 0.05) is 57.9 Å². The van der Waals surface area contributed by atoms with Gasteiger partial charge < -0.3 is 66.0 Å². The van der Waals surface area contributed by atoms with Gasteiger partial charge in [0.15, 0.2) is 0 Å². The van der Waals surface area contributed by atoms with Gasteiger partial charge in [0.05, 0.1) is 37.1 Å². The molecule has 0 spiro atoms. The summed E-state index contributed by atoms with van der Waals surface area (Å²) in [6.07, 6.45) is 7.01. The Balaban J connectivity index is 0.000000187. The molecular weight excluding hydrogens is 1690 g/mol. The summed E-state index contributed by atoms with van der Waals surface area (Å²) < 4.78 is 102. The number of carboxylic acid groups (broad SMARTS) is 2. The smallest absolute Gasteiger partial charge is 0.481 e. The molecule has 1 aliphatic heterocycles. The van der Waals surface area contributed by atoms with E-state index in [2.05, 4.69) is 54.7 Å². The molecule has 5 amide bonds. The lowest BCUT2D eigenvalue weighted by Crippen LogP contribution is -2.41. The minimum Gasteiger partial charge on any atom is -0.481 e. The maximum Gasteiger partial charge on any atom is 0.494 e. The molecule has 9 N–H and O–H groups in total. The first kappa shape index (κ1) is 96.1. The molecule has 0 unspecified atom stereocenters. The maximum atomic E-state index is 14.7. The van der Waals surface area contributed by atoms with Gasteiger partial charge in [0.25, 0.3) is 17.7 Å². The fourth-order valence-electron chi connectivity index (χ4n) is 13.3. The van der Waals surface area contributed by atoms with Crippen molar-refractivity contribution in [3.8, 4) is 22.3 Å². The number of anilines is 3. The van der Waals surface area contributed by atoms with E-state index >= 15 is 0 Å². The average molecular weight is 1780 g/mol. The highest BCUT2D eigenvalue weighted by Crippen LogP contribution is 2.39. The van der Waals surface area contributed by atoms with Gasteiger partial charge in [-0.05, 0) is 293 Å². The minimum atomic E-state index is -4.64. The van der Waals surface area contributed by atoms with Crippen LogP contribution in [-0.4, -0.2) is 107 Å². The predicted molar refractivity (Wildman–Crippen MR) is 471 cm³/mol. The number of carbonyl (C=O) groups is 9. The van der Waals surface area contributed by atoms with Crippen LogP contribution >= 0.6 is 15.9 Å². The van der Waals surface area contributed by atoms with E-state index in [1.165, 1.54) is 36.4 Å². The van der Waals surface area contributed by atoms with Gasteiger partial charge in [-0.2, -0.15) is 13.2 Å². The normalized spacial score (nSPS) is 13.4. The number of nitrogens with one attached hydrogen (secondary N) is 5. The van der Waals surface area contributed by atoms with Gasteiger partial charge in [-0.15, -0.1) is 0 Å². The number of ether oxygens (including phenoxy) is 3. The zero-order valence-electron chi connectivity index (χ0n) is 70.6. The van der Waals surface area contributed by atoms with Crippen molar-refractivity contribution >= 4 is 118 Å². The van der Waals surface area contributed by atoms with Crippen LogP contribution in [0.15, 0.2) is 186 Å². The Morgan fingerprint density at radius 1 is 0.504 bits per heavy atom. The number of carboxylic acids is 2. The van der Waals surface area contributed by atoms with E-state index in [4.69, 9.17) is 39.2 Å². The second-order valence-electron chi connectivity index (χ2n) is 32.3. The molecule has 3 aliphatic carbocycles. The highest BCUT2D eigenvalue weighted by Gasteiger charge is 2.52. The van der Waals surface area contributed by atoms with Gasteiger partial charge >= 0.3 is 43.4 Å². The largest absolute Gasteiger partial charge is 0.494 e. The number of hydrogen-bond acceptors (Lipinski definition) is 15. The van der Waals surface area contributed by atoms with Crippen LogP contribution in [0, 0.1) is 17.5 Å². The summed E-state index contributed by atoms with van der Waals surface area (Å²) in [6, 6.07) is 45.3. The number of alkyl halides is 3. The first-order valence-electron chi connectivity index (χ1n) is 39.7. The van der Waals surface area contributed by atoms with Gasteiger partial charge in [-0.1, -0.05) is 113 Å². The molecule has 654 valence electrons. The Bertz CT molecular complexity index is 5650. The van der Waals surface area contributed by atoms with E-state index < -0.39 is 83.7 Å². The van der Waals surface area contributed by atoms with E-state index in [1.807, 2.05) is 94.5 Å². The van der Waals surface area contributed by atoms with Crippen molar-refractivity contribution < 1.29 is 103 Å². The molecule has 1 saturated heterocycles. The fourth-order valence-corrected chi connectivity index (χ4v) is 14.0. The number of fused-ring (bicyclic) bond motifs is 3. The Morgan fingerprint density at radius 2 is 0.864 bits per heavy atom. The van der Waals surface area contributed by atoms with Crippen molar-refractivity contribution in [2.45, 2.75) is 163 Å². The number of aldehydes is 1. The monoisotopic (exact) mass is 1780 g/mol. The lowest BCUT2D eigenvalue weighted by molar-refractivity contribution is -0.156. The third-order valence-electron chi connectivity index (χ3n) is 19.6. The zero-order chi connectivity index (χ0) is 91.5. The predicted octanol–water partition coefficient (Wildman–Crippen LogP) is 18.6. The molecule has 0 atom stereocenters. The van der Waals surface area contributed by atoms with E-state index in [9.17, 15) is 69.8 Å². The molecule has 1 fully saturated rings. The van der Waals surface area contributed by atoms with E-state index in [0.717, 1.165) is 55.4 Å². The van der Waals surface area contributed by atoms with Gasteiger partial charge in [0.1, 0.15) is 28.7 Å². The van der Waals surface area contributed by atoms with Crippen molar-refractivity contribution in [1.29, 1.82) is 0 Å². The summed E-state index contributed by atoms with van der Waals surface area (Å²) in [5.74, 6) is -4.51. The van der Waals surface area contributed by atoms with E-state index in [-0.39, 0.29) is 62.5 Å². The van der Waals surface area contributed by atoms with Crippen molar-refractivity contribution in [2.24, 2.45) is 5.73 Å². The van der Waals surface area contributed by atoms with Crippen molar-refractivity contribution in [3.05, 3.63) is 287 Å². The maximum absolute atomic E-state index is 14.7. The van der Waals surface area contributed by atoms with Gasteiger partial charge in [-0.25, -0.2) is 22.8 Å². The number of halogens is 7. The summed E-state index contributed by atoms with van der Waals surface area (Å²) in [5, 5.41) is 32.1. The Morgan fingerprint density at radius 3 is 1.26 bits per heavy atom. The average Bonchev–Trinajstić information content (AvgIpc) is 1.62. The molecule has 9 aromatic rings. The third-order valence-corrected chi connectivity index (χ3v) is 20.3. The Hall–Kier alpha value is -12.8. The van der Waals surface area contributed by atoms with E-state index in [1.54, 1.807) is 133 Å². The fraction of sp³-hybridized carbons (Fsp3) is 0.274. The summed E-state index contributed by atoms with van der Waals surface area (Å²) >= 11 is 3.52. The number of rotatable bonds is 21. The number of carbonyl (C=O) groups excluding carboxylic acids is 7.